The number of benzene rings is 1. The summed E-state index contributed by atoms with van der Waals surface area (Å²) >= 11 is 0. The number of amides is 1. The van der Waals surface area contributed by atoms with E-state index >= 15 is 0 Å². The molecule has 6 heteroatoms. The summed E-state index contributed by atoms with van der Waals surface area (Å²) in [4.78, 5) is 26.4. The molecule has 1 unspecified atom stereocenters. The van der Waals surface area contributed by atoms with E-state index in [1.165, 1.54) is 0 Å². The van der Waals surface area contributed by atoms with Crippen LogP contribution in [0.5, 0.6) is 0 Å². The third kappa shape index (κ3) is 5.83. The molecule has 0 aliphatic heterocycles. The van der Waals surface area contributed by atoms with E-state index in [-0.39, 0.29) is 50.1 Å². The Morgan fingerprint density at radius 2 is 2.00 bits per heavy atom. The Morgan fingerprint density at radius 1 is 1.26 bits per heavy atom. The van der Waals surface area contributed by atoms with Gasteiger partial charge in [-0.15, -0.1) is 0 Å². The predicted octanol–water partition coefficient (Wildman–Crippen LogP) is 1.94. The minimum absolute atomic E-state index is 0. The first-order valence-electron chi connectivity index (χ1n) is 7.69. The molecule has 0 spiro atoms. The van der Waals surface area contributed by atoms with Crippen LogP contribution in [0.1, 0.15) is 38.2 Å². The number of nitrogens with one attached hydrogen (secondary N) is 2. The summed E-state index contributed by atoms with van der Waals surface area (Å²) in [5.74, 6) is -1.20. The van der Waals surface area contributed by atoms with Gasteiger partial charge in [-0.25, -0.2) is 4.79 Å². The number of hydrogen-bond donors (Lipinski definition) is 3. The van der Waals surface area contributed by atoms with E-state index in [0.717, 1.165) is 35.7 Å². The molecule has 0 bridgehead atoms. The molecule has 23 heavy (non-hydrogen) atoms. The number of aromatic nitrogens is 1. The fourth-order valence-corrected chi connectivity index (χ4v) is 2.52. The van der Waals surface area contributed by atoms with Crippen molar-refractivity contribution in [3.05, 3.63) is 36.0 Å². The van der Waals surface area contributed by atoms with E-state index in [9.17, 15) is 14.7 Å². The molecule has 1 amide bonds. The van der Waals surface area contributed by atoms with Crippen LogP contribution in [-0.2, 0) is 16.0 Å². The second-order valence-corrected chi connectivity index (χ2v) is 5.48. The third-order valence-corrected chi connectivity index (χ3v) is 3.74. The molecule has 2 rings (SSSR count). The van der Waals surface area contributed by atoms with Crippen molar-refractivity contribution in [3.63, 3.8) is 0 Å². The number of para-hydroxylation sites is 1. The van der Waals surface area contributed by atoms with Crippen LogP contribution in [-0.4, -0.2) is 65.7 Å². The average molecular weight is 344 g/mol. The van der Waals surface area contributed by atoms with Crippen LogP contribution in [0.4, 0.5) is 0 Å². The van der Waals surface area contributed by atoms with E-state index in [0.29, 0.717) is 6.42 Å². The van der Waals surface area contributed by atoms with Crippen molar-refractivity contribution in [1.29, 1.82) is 0 Å². The van der Waals surface area contributed by atoms with E-state index < -0.39 is 12.0 Å². The van der Waals surface area contributed by atoms with Crippen LogP contribution in [0.15, 0.2) is 30.5 Å². The van der Waals surface area contributed by atoms with Gasteiger partial charge in [-0.1, -0.05) is 38.0 Å². The second-order valence-electron chi connectivity index (χ2n) is 5.48. The summed E-state index contributed by atoms with van der Waals surface area (Å²) in [6.07, 6.45) is 5.27. The average Bonchev–Trinajstić information content (AvgIpc) is 2.90. The van der Waals surface area contributed by atoms with Crippen molar-refractivity contribution >= 4 is 60.5 Å². The number of fused-ring (bicyclic) bond motifs is 1. The summed E-state index contributed by atoms with van der Waals surface area (Å²) in [5.41, 5.74) is 1.87. The monoisotopic (exact) mass is 344 g/mol. The first kappa shape index (κ1) is 20.0. The van der Waals surface area contributed by atoms with Crippen molar-refractivity contribution in [2.45, 2.75) is 45.1 Å². The molecule has 1 aromatic heterocycles. The minimum atomic E-state index is -1.01. The Kier molecular flexibility index (Phi) is 8.66. The summed E-state index contributed by atoms with van der Waals surface area (Å²) in [6.45, 7) is 2.06. The van der Waals surface area contributed by atoms with E-state index in [1.807, 2.05) is 30.5 Å². The number of carboxylic acids is 1. The van der Waals surface area contributed by atoms with Crippen LogP contribution in [0, 0.1) is 0 Å². The summed E-state index contributed by atoms with van der Waals surface area (Å²) in [7, 11) is 0. The van der Waals surface area contributed by atoms with E-state index in [1.54, 1.807) is 0 Å². The van der Waals surface area contributed by atoms with Crippen LogP contribution in [0.3, 0.4) is 0 Å². The zero-order chi connectivity index (χ0) is 15.9. The number of aliphatic carboxylic acids is 1. The molecule has 3 N–H and O–H groups in total. The fourth-order valence-electron chi connectivity index (χ4n) is 2.52. The van der Waals surface area contributed by atoms with E-state index in [2.05, 4.69) is 17.2 Å². The molecule has 0 saturated heterocycles. The first-order chi connectivity index (χ1) is 10.6. The molecule has 1 atom stereocenters. The number of unbranched alkanes of at least 4 members (excludes halogenated alkanes) is 2. The molecule has 1 aromatic carbocycles. The van der Waals surface area contributed by atoms with Crippen molar-refractivity contribution in [1.82, 2.24) is 10.3 Å². The zero-order valence-corrected chi connectivity index (χ0v) is 12.8. The maximum atomic E-state index is 11.8. The van der Waals surface area contributed by atoms with Gasteiger partial charge >= 0.3 is 43.7 Å². The van der Waals surface area contributed by atoms with Gasteiger partial charge in [-0.3, -0.25) is 4.79 Å². The number of carboxylic acid groups (broad SMARTS) is 1. The van der Waals surface area contributed by atoms with Gasteiger partial charge in [0.05, 0.1) is 0 Å². The Morgan fingerprint density at radius 3 is 2.70 bits per heavy atom. The SMILES string of the molecule is CCCCCC(=O)NC(Cc1c[nH]c2ccccc12)C(=O)O.[CaH2]. The normalized spacial score (nSPS) is 11.7. The van der Waals surface area contributed by atoms with Gasteiger partial charge in [0.25, 0.3) is 0 Å². The standard InChI is InChI=1S/C17H22N2O3.Ca.2H/c1-2-3-4-9-16(20)19-15(17(21)22)10-12-11-18-14-8-6-5-7-13(12)14;;;/h5-8,11,15,18H,2-4,9-10H2,1H3,(H,19,20)(H,21,22);;;. The van der Waals surface area contributed by atoms with Crippen molar-refractivity contribution in [2.24, 2.45) is 0 Å². The molecule has 0 saturated carbocycles. The number of hydrogen-bond acceptors (Lipinski definition) is 2. The molecular weight excluding hydrogens is 320 g/mol. The number of H-pyrrole nitrogens is 1. The second kappa shape index (κ2) is 9.96. The number of carbonyl (C=O) groups excluding carboxylic acids is 1. The molecule has 122 valence electrons. The topological polar surface area (TPSA) is 82.2 Å². The predicted molar refractivity (Wildman–Crippen MR) is 94.3 cm³/mol. The van der Waals surface area contributed by atoms with Gasteiger partial charge < -0.3 is 15.4 Å². The first-order valence-corrected chi connectivity index (χ1v) is 7.69. The van der Waals surface area contributed by atoms with Crippen LogP contribution in [0.2, 0.25) is 0 Å². The van der Waals surface area contributed by atoms with Crippen molar-refractivity contribution < 1.29 is 14.7 Å². The summed E-state index contributed by atoms with van der Waals surface area (Å²) in [6, 6.07) is 6.83. The van der Waals surface area contributed by atoms with Gasteiger partial charge in [0, 0.05) is 29.9 Å². The number of carbonyl (C=O) groups is 2. The zero-order valence-electron chi connectivity index (χ0n) is 12.8. The van der Waals surface area contributed by atoms with Crippen LogP contribution in [0.25, 0.3) is 10.9 Å². The van der Waals surface area contributed by atoms with Crippen LogP contribution >= 0.6 is 0 Å². The summed E-state index contributed by atoms with van der Waals surface area (Å²) < 4.78 is 0. The van der Waals surface area contributed by atoms with Gasteiger partial charge in [0.2, 0.25) is 5.91 Å². The van der Waals surface area contributed by atoms with Gasteiger partial charge in [-0.05, 0) is 18.1 Å². The Balaban J connectivity index is 0.00000264. The van der Waals surface area contributed by atoms with Gasteiger partial charge in [-0.2, -0.15) is 0 Å². The molecule has 0 aliphatic rings. The Hall–Kier alpha value is -1.04. The van der Waals surface area contributed by atoms with Crippen molar-refractivity contribution in [3.8, 4) is 0 Å². The molecular formula is C17H24CaN2O3. The molecule has 5 nitrogen and oxygen atoms in total. The quantitative estimate of drug-likeness (QED) is 0.506. The molecule has 0 fully saturated rings. The Labute approximate surface area is 165 Å². The molecule has 0 aliphatic carbocycles. The van der Waals surface area contributed by atoms with Gasteiger partial charge in [0.1, 0.15) is 6.04 Å². The van der Waals surface area contributed by atoms with E-state index in [4.69, 9.17) is 0 Å². The molecule has 1 heterocycles. The maximum absolute atomic E-state index is 11.8. The molecule has 2 aromatic rings. The summed E-state index contributed by atoms with van der Waals surface area (Å²) in [5, 5.41) is 13.0. The molecule has 0 radical (unpaired) electrons. The Bertz CT molecular complexity index is 654. The van der Waals surface area contributed by atoms with Crippen molar-refractivity contribution in [2.75, 3.05) is 0 Å². The van der Waals surface area contributed by atoms with Gasteiger partial charge in [0.15, 0.2) is 0 Å². The number of aromatic amines is 1. The fraction of sp³-hybridized carbons (Fsp3) is 0.412. The number of rotatable bonds is 8. The van der Waals surface area contributed by atoms with Crippen LogP contribution < -0.4 is 5.32 Å². The third-order valence-electron chi connectivity index (χ3n) is 3.74.